The molecule has 8 heteroatoms. The summed E-state index contributed by atoms with van der Waals surface area (Å²) in [6, 6.07) is 9.50. The predicted molar refractivity (Wildman–Crippen MR) is 147 cm³/mol. The summed E-state index contributed by atoms with van der Waals surface area (Å²) < 4.78 is 11.7. The Kier molecular flexibility index (Phi) is 8.72. The van der Waals surface area contributed by atoms with Gasteiger partial charge in [-0.2, -0.15) is 0 Å². The average molecular weight is 500 g/mol. The van der Waals surface area contributed by atoms with Crippen molar-refractivity contribution in [3.05, 3.63) is 59.9 Å². The van der Waals surface area contributed by atoms with Gasteiger partial charge in [0.2, 0.25) is 5.91 Å². The van der Waals surface area contributed by atoms with E-state index in [9.17, 15) is 4.79 Å². The smallest absolute Gasteiger partial charge is 0.248 e. The van der Waals surface area contributed by atoms with Crippen molar-refractivity contribution in [2.24, 2.45) is 0 Å². The van der Waals surface area contributed by atoms with Gasteiger partial charge in [0.1, 0.15) is 24.0 Å². The Balaban J connectivity index is 1.65. The summed E-state index contributed by atoms with van der Waals surface area (Å²) in [5.74, 6) is 3.61. The van der Waals surface area contributed by atoms with E-state index >= 15 is 0 Å². The first-order valence-electron chi connectivity index (χ1n) is 12.6. The highest BCUT2D eigenvalue weighted by Gasteiger charge is 2.20. The molecule has 2 N–H and O–H groups in total. The van der Waals surface area contributed by atoms with Crippen molar-refractivity contribution < 1.29 is 14.3 Å². The molecule has 3 aromatic rings. The van der Waals surface area contributed by atoms with E-state index in [0.29, 0.717) is 42.5 Å². The van der Waals surface area contributed by atoms with E-state index in [1.165, 1.54) is 6.33 Å². The number of hydrogen-bond donors (Lipinski definition) is 2. The molecule has 1 saturated heterocycles. The number of fused-ring (bicyclic) bond motifs is 1. The molecular weight excluding hydrogens is 466 g/mol. The van der Waals surface area contributed by atoms with Gasteiger partial charge in [-0.25, -0.2) is 9.97 Å². The lowest BCUT2D eigenvalue weighted by atomic mass is 10.1. The summed E-state index contributed by atoms with van der Waals surface area (Å²) in [5.41, 5.74) is 3.88. The molecule has 2 aromatic carbocycles. The van der Waals surface area contributed by atoms with Crippen LogP contribution < -0.4 is 15.4 Å². The molecule has 1 aliphatic rings. The van der Waals surface area contributed by atoms with Crippen LogP contribution in [0.1, 0.15) is 31.4 Å². The van der Waals surface area contributed by atoms with Crippen molar-refractivity contribution in [1.29, 1.82) is 0 Å². The van der Waals surface area contributed by atoms with Crippen LogP contribution in [-0.2, 0) is 9.53 Å². The molecule has 8 nitrogen and oxygen atoms in total. The van der Waals surface area contributed by atoms with Gasteiger partial charge in [0.15, 0.2) is 0 Å². The number of terminal acetylenes is 1. The number of rotatable bonds is 10. The summed E-state index contributed by atoms with van der Waals surface area (Å²) in [7, 11) is 0. The van der Waals surface area contributed by atoms with Crippen molar-refractivity contribution in [3.8, 4) is 18.1 Å². The first-order chi connectivity index (χ1) is 18.0. The van der Waals surface area contributed by atoms with Gasteiger partial charge in [0.05, 0.1) is 24.4 Å². The molecule has 2 heterocycles. The number of hydrogen-bond acceptors (Lipinski definition) is 7. The normalized spacial score (nSPS) is 15.3. The van der Waals surface area contributed by atoms with Crippen molar-refractivity contribution >= 4 is 34.0 Å². The molecule has 37 heavy (non-hydrogen) atoms. The lowest BCUT2D eigenvalue weighted by molar-refractivity contribution is -0.111. The van der Waals surface area contributed by atoms with Crippen LogP contribution in [0.15, 0.2) is 48.8 Å². The molecule has 0 saturated carbocycles. The number of ether oxygens (including phenoxy) is 2. The van der Waals surface area contributed by atoms with Crippen molar-refractivity contribution in [2.75, 3.05) is 43.5 Å². The average Bonchev–Trinajstić information content (AvgIpc) is 3.41. The van der Waals surface area contributed by atoms with Crippen LogP contribution in [0.2, 0.25) is 0 Å². The third kappa shape index (κ3) is 6.64. The first-order valence-corrected chi connectivity index (χ1v) is 12.6. The highest BCUT2D eigenvalue weighted by atomic mass is 16.5. The molecule has 192 valence electrons. The topological polar surface area (TPSA) is 88.6 Å². The molecule has 0 radical (unpaired) electrons. The van der Waals surface area contributed by atoms with Crippen LogP contribution in [0.3, 0.4) is 0 Å². The zero-order chi connectivity index (χ0) is 26.2. The lowest BCUT2D eigenvalue weighted by Crippen LogP contribution is -2.23. The van der Waals surface area contributed by atoms with Gasteiger partial charge >= 0.3 is 0 Å². The quantitative estimate of drug-likeness (QED) is 0.310. The molecule has 1 atom stereocenters. The second kappa shape index (κ2) is 12.3. The zero-order valence-corrected chi connectivity index (χ0v) is 21.6. The fourth-order valence-electron chi connectivity index (χ4n) is 4.12. The number of anilines is 3. The number of nitrogens with zero attached hydrogens (tertiary/aromatic N) is 3. The van der Waals surface area contributed by atoms with Crippen LogP contribution in [0.5, 0.6) is 5.75 Å². The lowest BCUT2D eigenvalue weighted by Gasteiger charge is -2.18. The maximum absolute atomic E-state index is 12.8. The highest BCUT2D eigenvalue weighted by molar-refractivity contribution is 6.03. The Morgan fingerprint density at radius 3 is 2.84 bits per heavy atom. The van der Waals surface area contributed by atoms with Crippen LogP contribution in [0, 0.1) is 19.3 Å². The van der Waals surface area contributed by atoms with Gasteiger partial charge in [-0.1, -0.05) is 31.9 Å². The zero-order valence-electron chi connectivity index (χ0n) is 21.6. The van der Waals surface area contributed by atoms with E-state index in [-0.39, 0.29) is 12.0 Å². The maximum atomic E-state index is 12.8. The minimum Gasteiger partial charge on any atom is -0.486 e. The minimum absolute atomic E-state index is 0.0829. The van der Waals surface area contributed by atoms with Crippen LogP contribution >= 0.6 is 0 Å². The van der Waals surface area contributed by atoms with Gasteiger partial charge in [-0.05, 0) is 43.8 Å². The van der Waals surface area contributed by atoms with E-state index in [1.54, 1.807) is 6.08 Å². The molecule has 1 fully saturated rings. The second-order valence-corrected chi connectivity index (χ2v) is 8.87. The molecule has 0 unspecified atom stereocenters. The van der Waals surface area contributed by atoms with Crippen molar-refractivity contribution in [3.63, 3.8) is 0 Å². The first kappa shape index (κ1) is 26.1. The van der Waals surface area contributed by atoms with E-state index in [1.807, 2.05) is 43.3 Å². The van der Waals surface area contributed by atoms with E-state index < -0.39 is 0 Å². The third-order valence-electron chi connectivity index (χ3n) is 6.36. The summed E-state index contributed by atoms with van der Waals surface area (Å²) in [5, 5.41) is 7.06. The summed E-state index contributed by atoms with van der Waals surface area (Å²) in [6.07, 6.45) is 11.3. The number of aromatic nitrogens is 2. The molecule has 0 bridgehead atoms. The standard InChI is InChI=1S/C29H33N5O3/c1-5-21-15-22(11-10-20(21)4)32-29-24-16-26(33-28(35)9-8-13-34(6-2)7-3)27(17-25(24)30-19-31-29)37-23-12-14-36-18-23/h1,8-11,15-17,19,23H,6-7,12-14,18H2,2-4H3,(H,33,35)(H,30,31,32)/b9-8+/t23-/m0/s1. The van der Waals surface area contributed by atoms with Gasteiger partial charge in [0.25, 0.3) is 0 Å². The molecule has 4 rings (SSSR count). The Hall–Kier alpha value is -3.93. The molecular formula is C29H33N5O3. The Labute approximate surface area is 218 Å². The summed E-state index contributed by atoms with van der Waals surface area (Å²) in [4.78, 5) is 23.9. The number of benzene rings is 2. The number of aryl methyl sites for hydroxylation is 1. The predicted octanol–water partition coefficient (Wildman–Crippen LogP) is 4.67. The molecule has 1 amide bonds. The molecule has 1 aromatic heterocycles. The van der Waals surface area contributed by atoms with Gasteiger partial charge in [-0.3, -0.25) is 4.79 Å². The summed E-state index contributed by atoms with van der Waals surface area (Å²) >= 11 is 0. The largest absolute Gasteiger partial charge is 0.486 e. The molecule has 0 aliphatic carbocycles. The number of likely N-dealkylation sites (N-methyl/N-ethyl adjacent to an activating group) is 1. The van der Waals surface area contributed by atoms with Gasteiger partial charge in [-0.15, -0.1) is 6.42 Å². The minimum atomic E-state index is -0.234. The van der Waals surface area contributed by atoms with Crippen LogP contribution in [-0.4, -0.2) is 59.7 Å². The Morgan fingerprint density at radius 2 is 2.11 bits per heavy atom. The SMILES string of the molecule is C#Cc1cc(Nc2ncnc3cc(O[C@H]4CCOC4)c(NC(=O)/C=C/CN(CC)CC)cc23)ccc1C. The summed E-state index contributed by atoms with van der Waals surface area (Å²) in [6.45, 7) is 9.89. The fourth-order valence-corrected chi connectivity index (χ4v) is 4.12. The highest BCUT2D eigenvalue weighted by Crippen LogP contribution is 2.34. The van der Waals surface area contributed by atoms with Gasteiger partial charge in [0, 0.05) is 41.7 Å². The molecule has 1 aliphatic heterocycles. The second-order valence-electron chi connectivity index (χ2n) is 8.87. The number of nitrogens with one attached hydrogen (secondary N) is 2. The van der Waals surface area contributed by atoms with E-state index in [2.05, 4.69) is 45.3 Å². The molecule has 0 spiro atoms. The number of amides is 1. The van der Waals surface area contributed by atoms with Crippen LogP contribution in [0.25, 0.3) is 10.9 Å². The number of carbonyl (C=O) groups is 1. The van der Waals surface area contributed by atoms with E-state index in [0.717, 1.165) is 41.7 Å². The van der Waals surface area contributed by atoms with Gasteiger partial charge < -0.3 is 25.0 Å². The van der Waals surface area contributed by atoms with Crippen LogP contribution in [0.4, 0.5) is 17.2 Å². The van der Waals surface area contributed by atoms with E-state index in [4.69, 9.17) is 15.9 Å². The Bertz CT molecular complexity index is 1320. The Morgan fingerprint density at radius 1 is 1.27 bits per heavy atom. The van der Waals surface area contributed by atoms with Crippen molar-refractivity contribution in [1.82, 2.24) is 14.9 Å². The van der Waals surface area contributed by atoms with Crippen molar-refractivity contribution in [2.45, 2.75) is 33.3 Å². The monoisotopic (exact) mass is 499 g/mol. The fraction of sp³-hybridized carbons (Fsp3) is 0.345. The maximum Gasteiger partial charge on any atom is 0.248 e. The third-order valence-corrected chi connectivity index (χ3v) is 6.36. The number of carbonyl (C=O) groups excluding carboxylic acids is 1.